The smallest absolute Gasteiger partial charge is 0.315 e. The van der Waals surface area contributed by atoms with E-state index in [0.717, 1.165) is 11.3 Å². The molecule has 0 fully saturated rings. The van der Waals surface area contributed by atoms with E-state index < -0.39 is 9.84 Å². The molecular weight excluding hydrogens is 380 g/mol. The number of hydrogen-bond donors (Lipinski definition) is 2. The van der Waals surface area contributed by atoms with Crippen LogP contribution < -0.4 is 10.6 Å². The summed E-state index contributed by atoms with van der Waals surface area (Å²) >= 11 is 1.71. The van der Waals surface area contributed by atoms with Crippen LogP contribution in [0.3, 0.4) is 0 Å². The van der Waals surface area contributed by atoms with Crippen molar-refractivity contribution in [1.29, 1.82) is 0 Å². The minimum Gasteiger partial charge on any atom is -0.337 e. The molecule has 0 unspecified atom stereocenters. The van der Waals surface area contributed by atoms with Gasteiger partial charge in [0.1, 0.15) is 0 Å². The summed E-state index contributed by atoms with van der Waals surface area (Å²) in [5.41, 5.74) is 3.39. The van der Waals surface area contributed by atoms with E-state index in [-0.39, 0.29) is 17.0 Å². The normalized spacial score (nSPS) is 12.4. The molecular formula is C20H26N2O3S2. The summed E-state index contributed by atoms with van der Waals surface area (Å²) in [4.78, 5) is 13.5. The highest BCUT2D eigenvalue weighted by atomic mass is 32.2. The van der Waals surface area contributed by atoms with Gasteiger partial charge in [0.25, 0.3) is 0 Å². The third kappa shape index (κ3) is 6.59. The van der Waals surface area contributed by atoms with Crippen molar-refractivity contribution in [3.63, 3.8) is 0 Å². The predicted octanol–water partition coefficient (Wildman–Crippen LogP) is 3.86. The first-order valence-corrected chi connectivity index (χ1v) is 11.6. The number of carbonyl (C=O) groups excluding carboxylic acids is 1. The Morgan fingerprint density at radius 3 is 2.33 bits per heavy atom. The van der Waals surface area contributed by atoms with Gasteiger partial charge in [0.2, 0.25) is 0 Å². The maximum Gasteiger partial charge on any atom is 0.315 e. The van der Waals surface area contributed by atoms with Gasteiger partial charge in [0, 0.05) is 23.4 Å². The molecule has 0 aliphatic heterocycles. The van der Waals surface area contributed by atoms with Crippen molar-refractivity contribution in [3.05, 3.63) is 59.2 Å². The van der Waals surface area contributed by atoms with Gasteiger partial charge in [-0.2, -0.15) is 0 Å². The molecule has 1 atom stereocenters. The molecule has 0 bridgehead atoms. The van der Waals surface area contributed by atoms with Gasteiger partial charge in [-0.15, -0.1) is 11.8 Å². The molecule has 0 aliphatic carbocycles. The molecule has 146 valence electrons. The van der Waals surface area contributed by atoms with Gasteiger partial charge in [-0.25, -0.2) is 13.2 Å². The number of aryl methyl sites for hydroxylation is 2. The molecule has 2 aromatic carbocycles. The van der Waals surface area contributed by atoms with Crippen molar-refractivity contribution in [2.75, 3.05) is 18.6 Å². The SMILES string of the molecule is Cc1ccc(SCCNC(=O)N[C@@H](C)c2ccc(S(C)(=O)=O)cc2)cc1C. The largest absolute Gasteiger partial charge is 0.337 e. The molecule has 2 amide bonds. The number of rotatable bonds is 7. The van der Waals surface area contributed by atoms with E-state index in [1.807, 2.05) is 6.92 Å². The lowest BCUT2D eigenvalue weighted by molar-refractivity contribution is 0.238. The van der Waals surface area contributed by atoms with Crippen LogP contribution in [0.1, 0.15) is 29.7 Å². The Labute approximate surface area is 165 Å². The average molecular weight is 407 g/mol. The zero-order chi connectivity index (χ0) is 20.0. The fraction of sp³-hybridized carbons (Fsp3) is 0.350. The van der Waals surface area contributed by atoms with Gasteiger partial charge in [0.15, 0.2) is 9.84 Å². The van der Waals surface area contributed by atoms with Gasteiger partial charge in [-0.3, -0.25) is 0 Å². The Morgan fingerprint density at radius 1 is 1.07 bits per heavy atom. The third-order valence-electron chi connectivity index (χ3n) is 4.29. The molecule has 0 radical (unpaired) electrons. The van der Waals surface area contributed by atoms with Crippen molar-refractivity contribution in [3.8, 4) is 0 Å². The number of sulfone groups is 1. The van der Waals surface area contributed by atoms with Crippen LogP contribution in [0.25, 0.3) is 0 Å². The maximum absolute atomic E-state index is 12.0. The molecule has 0 aliphatic rings. The lowest BCUT2D eigenvalue weighted by Crippen LogP contribution is -2.38. The second-order valence-corrected chi connectivity index (χ2v) is 9.74. The Morgan fingerprint density at radius 2 is 1.74 bits per heavy atom. The van der Waals surface area contributed by atoms with Gasteiger partial charge >= 0.3 is 6.03 Å². The van der Waals surface area contributed by atoms with Gasteiger partial charge in [-0.05, 0) is 61.7 Å². The summed E-state index contributed by atoms with van der Waals surface area (Å²) < 4.78 is 23.0. The van der Waals surface area contributed by atoms with E-state index in [1.165, 1.54) is 22.3 Å². The molecule has 0 saturated heterocycles. The van der Waals surface area contributed by atoms with Gasteiger partial charge in [0.05, 0.1) is 10.9 Å². The minimum absolute atomic E-state index is 0.217. The van der Waals surface area contributed by atoms with Gasteiger partial charge < -0.3 is 10.6 Å². The number of amides is 2. The summed E-state index contributed by atoms with van der Waals surface area (Å²) in [6.07, 6.45) is 1.17. The Bertz CT molecular complexity index is 894. The predicted molar refractivity (Wildman–Crippen MR) is 111 cm³/mol. The minimum atomic E-state index is -3.21. The van der Waals surface area contributed by atoms with E-state index >= 15 is 0 Å². The number of benzene rings is 2. The van der Waals surface area contributed by atoms with Crippen LogP contribution in [0, 0.1) is 13.8 Å². The van der Waals surface area contributed by atoms with E-state index in [2.05, 4.69) is 42.7 Å². The van der Waals surface area contributed by atoms with Crippen LogP contribution in [0.2, 0.25) is 0 Å². The molecule has 0 saturated carbocycles. The average Bonchev–Trinajstić information content (AvgIpc) is 2.61. The van der Waals surface area contributed by atoms with E-state index in [0.29, 0.717) is 6.54 Å². The molecule has 0 spiro atoms. The molecule has 2 N–H and O–H groups in total. The van der Waals surface area contributed by atoms with Crippen molar-refractivity contribution >= 4 is 27.6 Å². The molecule has 2 rings (SSSR count). The molecule has 2 aromatic rings. The van der Waals surface area contributed by atoms with Crippen LogP contribution >= 0.6 is 11.8 Å². The second-order valence-electron chi connectivity index (χ2n) is 6.56. The summed E-state index contributed by atoms with van der Waals surface area (Å²) in [5.74, 6) is 0.785. The van der Waals surface area contributed by atoms with E-state index in [9.17, 15) is 13.2 Å². The molecule has 27 heavy (non-hydrogen) atoms. The van der Waals surface area contributed by atoms with E-state index in [4.69, 9.17) is 0 Å². The molecule has 7 heteroatoms. The number of hydrogen-bond acceptors (Lipinski definition) is 4. The summed E-state index contributed by atoms with van der Waals surface area (Å²) in [6.45, 7) is 6.60. The highest BCUT2D eigenvalue weighted by molar-refractivity contribution is 7.99. The Hall–Kier alpha value is -1.99. The Balaban J connectivity index is 1.77. The fourth-order valence-electron chi connectivity index (χ4n) is 2.47. The number of urea groups is 1. The third-order valence-corrected chi connectivity index (χ3v) is 6.41. The van der Waals surface area contributed by atoms with Crippen LogP contribution in [0.15, 0.2) is 52.3 Å². The first-order chi connectivity index (χ1) is 12.7. The standard InChI is InChI=1S/C20H26N2O3S2/c1-14-5-8-18(13-15(14)2)26-12-11-21-20(23)22-16(3)17-6-9-19(10-7-17)27(4,24)25/h5-10,13,16H,11-12H2,1-4H3,(H2,21,22,23)/t16-/m0/s1. The number of nitrogens with one attached hydrogen (secondary N) is 2. The van der Waals surface area contributed by atoms with Crippen molar-refractivity contribution < 1.29 is 13.2 Å². The highest BCUT2D eigenvalue weighted by Crippen LogP contribution is 2.20. The van der Waals surface area contributed by atoms with Crippen molar-refractivity contribution in [2.45, 2.75) is 36.6 Å². The van der Waals surface area contributed by atoms with Crippen molar-refractivity contribution in [1.82, 2.24) is 10.6 Å². The highest BCUT2D eigenvalue weighted by Gasteiger charge is 2.11. The van der Waals surface area contributed by atoms with Crippen LogP contribution in [0.4, 0.5) is 4.79 Å². The maximum atomic E-state index is 12.0. The summed E-state index contributed by atoms with van der Waals surface area (Å²) in [6, 6.07) is 12.4. The Kier molecular flexibility index (Phi) is 7.33. The van der Waals surface area contributed by atoms with Crippen molar-refractivity contribution in [2.24, 2.45) is 0 Å². The molecule has 0 aromatic heterocycles. The van der Waals surface area contributed by atoms with Crippen LogP contribution in [-0.4, -0.2) is 33.0 Å². The fourth-order valence-corrected chi connectivity index (χ4v) is 3.97. The lowest BCUT2D eigenvalue weighted by atomic mass is 10.1. The van der Waals surface area contributed by atoms with E-state index in [1.54, 1.807) is 36.0 Å². The second kappa shape index (κ2) is 9.28. The number of carbonyl (C=O) groups is 1. The monoisotopic (exact) mass is 406 g/mol. The van der Waals surface area contributed by atoms with Gasteiger partial charge in [-0.1, -0.05) is 18.2 Å². The zero-order valence-corrected chi connectivity index (χ0v) is 17.7. The first-order valence-electron chi connectivity index (χ1n) is 8.71. The first kappa shape index (κ1) is 21.3. The zero-order valence-electron chi connectivity index (χ0n) is 16.1. The molecule has 0 heterocycles. The quantitative estimate of drug-likeness (QED) is 0.541. The van der Waals surface area contributed by atoms with Crippen LogP contribution in [0.5, 0.6) is 0 Å². The van der Waals surface area contributed by atoms with Crippen LogP contribution in [-0.2, 0) is 9.84 Å². The summed E-state index contributed by atoms with van der Waals surface area (Å²) in [7, 11) is -3.21. The topological polar surface area (TPSA) is 75.3 Å². The number of thioether (sulfide) groups is 1. The lowest BCUT2D eigenvalue weighted by Gasteiger charge is -2.15. The molecule has 5 nitrogen and oxygen atoms in total. The summed E-state index contributed by atoms with van der Waals surface area (Å²) in [5, 5.41) is 5.71.